The van der Waals surface area contributed by atoms with E-state index in [0.717, 1.165) is 53.5 Å². The van der Waals surface area contributed by atoms with Crippen LogP contribution in [-0.4, -0.2) is 134 Å². The first-order valence-electron chi connectivity index (χ1n) is 37.8. The summed E-state index contributed by atoms with van der Waals surface area (Å²) < 4.78 is 134. The van der Waals surface area contributed by atoms with E-state index in [0.29, 0.717) is 107 Å². The van der Waals surface area contributed by atoms with Gasteiger partial charge in [0.15, 0.2) is 73.8 Å². The molecule has 8 aromatic carbocycles. The number of phenolic OH excluding ortho intramolecular Hbond substituents is 2. The molecular weight excluding hydrogens is 1460 g/mol. The third-order valence-corrected chi connectivity index (χ3v) is 30.1. The molecule has 0 saturated heterocycles. The quantitative estimate of drug-likeness (QED) is 0.0365. The fourth-order valence-corrected chi connectivity index (χ4v) is 24.2. The maximum Gasteiger partial charge on any atom is 0.180 e. The van der Waals surface area contributed by atoms with Gasteiger partial charge in [-0.15, -0.1) is 0 Å². The molecule has 3 unspecified atom stereocenters. The van der Waals surface area contributed by atoms with Crippen LogP contribution in [0.4, 0.5) is 0 Å². The molecule has 12 rings (SSSR count). The third-order valence-electron chi connectivity index (χ3n) is 22.3. The first-order valence-corrected chi connectivity index (χ1v) is 44.4. The number of benzene rings is 8. The van der Waals surface area contributed by atoms with Crippen LogP contribution in [0.25, 0.3) is 0 Å². The molecule has 4 aliphatic heterocycles. The van der Waals surface area contributed by atoms with Crippen molar-refractivity contribution in [1.82, 2.24) is 21.0 Å². The Bertz CT molecular complexity index is 4850. The van der Waals surface area contributed by atoms with Gasteiger partial charge in [0.25, 0.3) is 0 Å². The van der Waals surface area contributed by atoms with Crippen LogP contribution >= 0.6 is 0 Å². The van der Waals surface area contributed by atoms with Gasteiger partial charge in [0.05, 0.1) is 107 Å². The van der Waals surface area contributed by atoms with Crippen LogP contribution in [0.1, 0.15) is 202 Å². The van der Waals surface area contributed by atoms with E-state index in [1.807, 2.05) is 196 Å². The summed E-state index contributed by atoms with van der Waals surface area (Å²) in [4.78, 5) is 0.958. The third kappa shape index (κ3) is 18.5. The van der Waals surface area contributed by atoms with Crippen LogP contribution in [0, 0.1) is 0 Å². The molecule has 8 aromatic rings. The molecule has 20 nitrogen and oxygen atoms in total. The molecule has 4 heterocycles. The molecule has 6 N–H and O–H groups in total. The summed E-state index contributed by atoms with van der Waals surface area (Å²) in [5, 5.41) is 43.7. The van der Waals surface area contributed by atoms with Crippen molar-refractivity contribution in [2.24, 2.45) is 0 Å². The van der Waals surface area contributed by atoms with Gasteiger partial charge >= 0.3 is 0 Å². The summed E-state index contributed by atoms with van der Waals surface area (Å²) in [5.74, 6) is 1.61. The van der Waals surface area contributed by atoms with Crippen LogP contribution < -0.4 is 39.6 Å². The van der Waals surface area contributed by atoms with Crippen LogP contribution in [0.5, 0.6) is 40.2 Å². The molecule has 0 fully saturated rings. The Hall–Kier alpha value is -8.04. The first kappa shape index (κ1) is 85.0. The van der Waals surface area contributed by atoms with Gasteiger partial charge in [-0.1, -0.05) is 196 Å². The lowest BCUT2D eigenvalue weighted by Crippen LogP contribution is -2.51. The summed E-state index contributed by atoms with van der Waals surface area (Å²) in [6.07, 6.45) is 7.07. The van der Waals surface area contributed by atoms with Gasteiger partial charge in [0.2, 0.25) is 0 Å². The van der Waals surface area contributed by atoms with E-state index in [1.54, 1.807) is 44.6 Å². The van der Waals surface area contributed by atoms with E-state index in [9.17, 15) is 49.1 Å². The van der Waals surface area contributed by atoms with Gasteiger partial charge in [-0.3, -0.25) is 16.0 Å². The minimum atomic E-state index is -3.71. The predicted molar refractivity (Wildman–Crippen MR) is 428 cm³/mol. The molecule has 590 valence electrons. The summed E-state index contributed by atoms with van der Waals surface area (Å²) >= 11 is 0. The average Bonchev–Trinajstić information content (AvgIpc) is 1.62. The van der Waals surface area contributed by atoms with Crippen molar-refractivity contribution >= 4 is 39.3 Å². The van der Waals surface area contributed by atoms with Crippen LogP contribution in [0.3, 0.4) is 0 Å². The maximum atomic E-state index is 13.7. The van der Waals surface area contributed by atoms with Crippen molar-refractivity contribution < 1.29 is 72.8 Å². The lowest BCUT2D eigenvalue weighted by atomic mass is 9.87. The monoisotopic (exact) mass is 1570 g/mol. The molecule has 0 bridgehead atoms. The van der Waals surface area contributed by atoms with Crippen LogP contribution in [0.2, 0.25) is 0 Å². The van der Waals surface area contributed by atoms with Crippen LogP contribution in [-0.2, 0) is 39.3 Å². The Kier molecular flexibility index (Phi) is 28.0. The fourth-order valence-electron chi connectivity index (χ4n) is 15.5. The van der Waals surface area contributed by atoms with Gasteiger partial charge in [-0.05, 0) is 140 Å². The van der Waals surface area contributed by atoms with Crippen molar-refractivity contribution in [3.63, 3.8) is 0 Å². The molecular formula is C85H110N4O16S4. The lowest BCUT2D eigenvalue weighted by Gasteiger charge is -2.42. The van der Waals surface area contributed by atoms with E-state index in [1.165, 1.54) is 24.3 Å². The second kappa shape index (κ2) is 36.0. The Balaban J connectivity index is 0.000000168. The Morgan fingerprint density at radius 3 is 1.14 bits per heavy atom. The van der Waals surface area contributed by atoms with Crippen molar-refractivity contribution in [3.05, 3.63) is 220 Å². The maximum absolute atomic E-state index is 13.7. The molecule has 4 aliphatic rings. The highest BCUT2D eigenvalue weighted by Crippen LogP contribution is 2.49. The zero-order chi connectivity index (χ0) is 79.3. The summed E-state index contributed by atoms with van der Waals surface area (Å²) in [7, 11) is -9.64. The second-order valence-electron chi connectivity index (χ2n) is 28.5. The minimum absolute atomic E-state index is 0.0481. The van der Waals surface area contributed by atoms with Gasteiger partial charge in [0.1, 0.15) is 5.75 Å². The lowest BCUT2D eigenvalue weighted by molar-refractivity contribution is -0.193. The fraction of sp³-hybridized carbons (Fsp3) is 0.435. The molecule has 0 amide bonds. The predicted octanol–water partition coefficient (Wildman–Crippen LogP) is 16.0. The number of nitrogens with one attached hydrogen (secondary N) is 3. The number of aromatic hydroxyl groups is 2. The number of ether oxygens (including phenoxy) is 5. The standard InChI is InChI=1S/C25H35NO5S.C21H27NO4S.C20H25NO3S.C19H23NO4S/c1-5-9-15-25(6-2)18-32(28,29)23-17-22(31-8-4)21(30-7-3)16-20(23)24(26(25)27)19-13-11-10-12-14-19;1-5-21(6-2)14-27(23,24)19-13-18(26-4)17(25-3)12-16(19)20(22-21)15-10-8-7-9-11-15;1-4-20(5-2)14-25(22,23)18-13-16(24-3)11-12-17(18)19(21-20)15-9-7-6-8-10-15;1-3-19(4-2)12-25(23,24)17-11-16(22)15(21)10-14(17)18(20-19)13-8-6-5-7-9-13/h10-14,16-17,24,27H,5-9,15,18H2,1-4H3;7-13,20,22H,5-6,14H2,1-4H3;6-13,19,21H,4-5,14H2,1-3H3;5-11,18,20-22H,3-4,12H2,1-2H3/t24-,25-;;;/m1.../s1. The summed E-state index contributed by atoms with van der Waals surface area (Å²) in [6.45, 7) is 20.7. The number of sulfone groups is 4. The van der Waals surface area contributed by atoms with Crippen molar-refractivity contribution in [2.75, 3.05) is 57.6 Å². The van der Waals surface area contributed by atoms with Gasteiger partial charge < -0.3 is 39.1 Å². The number of phenols is 2. The minimum Gasteiger partial charge on any atom is -0.504 e. The topological polar surface area (TPSA) is 283 Å². The number of methoxy groups -OCH3 is 3. The number of nitrogens with zero attached hydrogens (tertiary/aromatic N) is 1. The van der Waals surface area contributed by atoms with Gasteiger partial charge in [0, 0.05) is 34.8 Å². The van der Waals surface area contributed by atoms with Gasteiger partial charge in [-0.25, -0.2) is 33.7 Å². The number of hydrogen-bond donors (Lipinski definition) is 6. The van der Waals surface area contributed by atoms with E-state index < -0.39 is 73.3 Å². The largest absolute Gasteiger partial charge is 0.504 e. The highest BCUT2D eigenvalue weighted by Gasteiger charge is 2.50. The smallest absolute Gasteiger partial charge is 0.180 e. The number of rotatable bonds is 21. The average molecular weight is 1570 g/mol. The molecule has 0 spiro atoms. The molecule has 0 radical (unpaired) electrons. The number of unbranched alkanes of at least 4 members (excludes halogenated alkanes) is 1. The van der Waals surface area contributed by atoms with Crippen molar-refractivity contribution in [2.45, 2.75) is 199 Å². The Morgan fingerprint density at radius 2 is 0.734 bits per heavy atom. The number of fused-ring (bicyclic) bond motifs is 4. The van der Waals surface area contributed by atoms with E-state index >= 15 is 0 Å². The number of hydrogen-bond acceptors (Lipinski definition) is 20. The SMILES string of the molecule is CCC1(CC)CS(=O)(=O)c2cc(O)c(O)cc2C(c2ccccc2)N1.CCC1(CC)CS(=O)(=O)c2cc(OC)c(OC)cc2C(c2ccccc2)N1.CCC1(CC)CS(=O)(=O)c2cc(OC)ccc2C(c2ccccc2)N1.CCCC[C@]1(CC)CS(=O)(=O)c2cc(OCC)c(OCC)cc2[C@@H](c2ccccc2)N1O. The zero-order valence-electron chi connectivity index (χ0n) is 65.1. The van der Waals surface area contributed by atoms with Gasteiger partial charge in [-0.2, -0.15) is 5.06 Å². The highest BCUT2D eigenvalue weighted by molar-refractivity contribution is 7.92. The molecule has 0 aliphatic carbocycles. The zero-order valence-corrected chi connectivity index (χ0v) is 68.4. The Morgan fingerprint density at radius 1 is 0.385 bits per heavy atom. The number of hydroxylamine groups is 2. The van der Waals surface area contributed by atoms with Crippen LogP contribution in [0.15, 0.2) is 196 Å². The highest BCUT2D eigenvalue weighted by atomic mass is 32.2. The first-order chi connectivity index (χ1) is 52.0. The molecule has 24 heteroatoms. The van der Waals surface area contributed by atoms with E-state index in [-0.39, 0.29) is 56.7 Å². The van der Waals surface area contributed by atoms with E-state index in [4.69, 9.17) is 23.7 Å². The molecule has 109 heavy (non-hydrogen) atoms. The van der Waals surface area contributed by atoms with Crippen molar-refractivity contribution in [3.8, 4) is 40.2 Å². The Labute approximate surface area is 646 Å². The summed E-state index contributed by atoms with van der Waals surface area (Å²) in [5.41, 5.74) is 3.86. The normalized spacial score (nSPS) is 21.4. The molecule has 0 aromatic heterocycles. The molecule has 5 atom stereocenters. The van der Waals surface area contributed by atoms with E-state index in [2.05, 4.69) is 22.9 Å². The van der Waals surface area contributed by atoms with Crippen molar-refractivity contribution in [1.29, 1.82) is 0 Å². The summed E-state index contributed by atoms with van der Waals surface area (Å²) in [6, 6.07) is 52.2. The molecule has 0 saturated carbocycles. The second-order valence-corrected chi connectivity index (χ2v) is 36.4.